The van der Waals surface area contributed by atoms with E-state index in [1.165, 1.54) is 6.92 Å². The summed E-state index contributed by atoms with van der Waals surface area (Å²) in [5.41, 5.74) is 0. The second-order valence-electron chi connectivity index (χ2n) is 2.71. The van der Waals surface area contributed by atoms with Gasteiger partial charge >= 0.3 is 47.5 Å². The summed E-state index contributed by atoms with van der Waals surface area (Å²) in [5.74, 6) is -3.79. The second-order valence-corrected chi connectivity index (χ2v) is 2.71. The molecule has 0 saturated carbocycles. The number of nitrogens with zero attached hydrogens (tertiary/aromatic N) is 1. The van der Waals surface area contributed by atoms with E-state index in [4.69, 9.17) is 15.3 Å². The fourth-order valence-corrected chi connectivity index (χ4v) is 0.833. The van der Waals surface area contributed by atoms with E-state index >= 15 is 0 Å². The molecule has 0 radical (unpaired) electrons. The largest absolute Gasteiger partial charge is 1.00 e. The van der Waals surface area contributed by atoms with Gasteiger partial charge in [-0.2, -0.15) is 0 Å². The van der Waals surface area contributed by atoms with E-state index in [1.54, 1.807) is 0 Å². The normalized spacial score (nSPS) is 11.6. The molecular weight excluding hydrogens is 217 g/mol. The van der Waals surface area contributed by atoms with Crippen LogP contribution in [-0.4, -0.2) is 57.3 Å². The van der Waals surface area contributed by atoms with Crippen LogP contribution in [0.4, 0.5) is 0 Å². The number of carbonyl (C=O) groups is 3. The monoisotopic (exact) mass is 229 g/mol. The van der Waals surface area contributed by atoms with E-state index in [2.05, 4.69) is 0 Å². The number of hydrogen-bond acceptors (Lipinski definition) is 4. The van der Waals surface area contributed by atoms with Crippen LogP contribution in [0.15, 0.2) is 0 Å². The van der Waals surface area contributed by atoms with E-state index in [0.29, 0.717) is 0 Å². The first-order valence-electron chi connectivity index (χ1n) is 3.75. The van der Waals surface area contributed by atoms with Crippen LogP contribution in [0.1, 0.15) is 8.35 Å². The van der Waals surface area contributed by atoms with Gasteiger partial charge in [-0.3, -0.25) is 19.3 Å². The second kappa shape index (κ2) is 7.63. The predicted octanol–water partition coefficient (Wildman–Crippen LogP) is -3.95. The van der Waals surface area contributed by atoms with Crippen LogP contribution in [0.2, 0.25) is 0 Å². The molecule has 0 amide bonds. The summed E-state index contributed by atoms with van der Waals surface area (Å²) in [6.07, 6.45) is 0. The number of carboxylic acid groups (broad SMARTS) is 3. The zero-order valence-corrected chi connectivity index (χ0v) is 10.5. The average molecular weight is 229 g/mol. The number of rotatable bonds is 6. The molecule has 0 aliphatic heterocycles. The van der Waals surface area contributed by atoms with Crippen molar-refractivity contribution < 1.29 is 60.7 Å². The first-order valence-corrected chi connectivity index (χ1v) is 3.75. The Bertz CT molecular complexity index is 245. The van der Waals surface area contributed by atoms with Gasteiger partial charge < -0.3 is 16.7 Å². The Morgan fingerprint density at radius 3 is 1.67 bits per heavy atom. The molecule has 0 aromatic carbocycles. The Balaban J connectivity index is -0.000000845. The minimum Gasteiger partial charge on any atom is -1.00 e. The van der Waals surface area contributed by atoms with Crippen LogP contribution in [0, 0.1) is 0 Å². The van der Waals surface area contributed by atoms with Gasteiger partial charge in [0.15, 0.2) is 0 Å². The van der Waals surface area contributed by atoms with E-state index in [9.17, 15) is 14.4 Å². The molecule has 0 aromatic heterocycles. The zero-order chi connectivity index (χ0) is 11.3. The third kappa shape index (κ3) is 7.32. The van der Waals surface area contributed by atoms with Crippen LogP contribution >= 0.6 is 0 Å². The Labute approximate surface area is 109 Å². The molecule has 1 unspecified atom stereocenters. The molecule has 3 N–H and O–H groups in total. The molecule has 0 heterocycles. The fourth-order valence-electron chi connectivity index (χ4n) is 0.833. The van der Waals surface area contributed by atoms with Crippen molar-refractivity contribution in [1.29, 1.82) is 0 Å². The minimum atomic E-state index is -1.26. The van der Waals surface area contributed by atoms with Crippen molar-refractivity contribution in [2.75, 3.05) is 13.1 Å². The first kappa shape index (κ1) is 16.8. The van der Waals surface area contributed by atoms with Crippen molar-refractivity contribution in [3.63, 3.8) is 0 Å². The zero-order valence-electron chi connectivity index (χ0n) is 9.51. The minimum absolute atomic E-state index is 0. The summed E-state index contributed by atoms with van der Waals surface area (Å²) in [6.45, 7) is 0.00769. The molecule has 0 rings (SSSR count). The molecule has 0 spiro atoms. The van der Waals surface area contributed by atoms with Crippen molar-refractivity contribution in [2.45, 2.75) is 13.0 Å². The average Bonchev–Trinajstić information content (AvgIpc) is 1.99. The third-order valence-corrected chi connectivity index (χ3v) is 1.58. The summed E-state index contributed by atoms with van der Waals surface area (Å²) >= 11 is 0. The van der Waals surface area contributed by atoms with Gasteiger partial charge in [-0.15, -0.1) is 0 Å². The standard InChI is InChI=1S/C7H11NO6.Na.H/c1-4(7(13)14)8(2-5(9)10)3-6(11)12;;/h4H,2-3H2,1H3,(H,9,10)(H,11,12)(H,13,14);;/q;+1;-1. The van der Waals surface area contributed by atoms with Crippen LogP contribution < -0.4 is 29.6 Å². The van der Waals surface area contributed by atoms with Crippen LogP contribution in [0.25, 0.3) is 0 Å². The van der Waals surface area contributed by atoms with E-state index < -0.39 is 37.0 Å². The molecule has 0 saturated heterocycles. The molecule has 8 heteroatoms. The summed E-state index contributed by atoms with van der Waals surface area (Å²) in [7, 11) is 0. The van der Waals surface area contributed by atoms with Gasteiger partial charge in [-0.05, 0) is 6.92 Å². The Hall–Kier alpha value is -0.630. The molecule has 0 aliphatic rings. The van der Waals surface area contributed by atoms with Crippen molar-refractivity contribution in [3.05, 3.63) is 0 Å². The molecule has 0 fully saturated rings. The van der Waals surface area contributed by atoms with Gasteiger partial charge in [0.1, 0.15) is 6.04 Å². The third-order valence-electron chi connectivity index (χ3n) is 1.58. The number of carboxylic acids is 3. The maximum Gasteiger partial charge on any atom is 1.00 e. The molecule has 0 bridgehead atoms. The SMILES string of the molecule is CC(C(=O)O)N(CC(=O)O)CC(=O)O.[H-].[Na+]. The van der Waals surface area contributed by atoms with E-state index in [-0.39, 0.29) is 31.0 Å². The Kier molecular flexibility index (Phi) is 8.54. The summed E-state index contributed by atoms with van der Waals surface area (Å²) in [5, 5.41) is 25.4. The van der Waals surface area contributed by atoms with E-state index in [0.717, 1.165) is 4.90 Å². The molecule has 1 atom stereocenters. The molecule has 0 aliphatic carbocycles. The Morgan fingerprint density at radius 1 is 1.13 bits per heavy atom. The van der Waals surface area contributed by atoms with Crippen molar-refractivity contribution in [2.24, 2.45) is 0 Å². The van der Waals surface area contributed by atoms with Crippen LogP contribution in [0.3, 0.4) is 0 Å². The van der Waals surface area contributed by atoms with Crippen molar-refractivity contribution in [3.8, 4) is 0 Å². The molecule has 0 aromatic rings. The fraction of sp³-hybridized carbons (Fsp3) is 0.571. The Morgan fingerprint density at radius 2 is 1.47 bits per heavy atom. The van der Waals surface area contributed by atoms with Gasteiger partial charge in [0, 0.05) is 0 Å². The maximum absolute atomic E-state index is 10.5. The van der Waals surface area contributed by atoms with Gasteiger partial charge in [-0.1, -0.05) is 0 Å². The first-order chi connectivity index (χ1) is 6.34. The van der Waals surface area contributed by atoms with Gasteiger partial charge in [0.25, 0.3) is 0 Å². The van der Waals surface area contributed by atoms with Crippen molar-refractivity contribution in [1.82, 2.24) is 4.90 Å². The van der Waals surface area contributed by atoms with Gasteiger partial charge in [0.2, 0.25) is 0 Å². The number of aliphatic carboxylic acids is 3. The van der Waals surface area contributed by atoms with Crippen LogP contribution in [-0.2, 0) is 14.4 Å². The quantitative estimate of drug-likeness (QED) is 0.398. The summed E-state index contributed by atoms with van der Waals surface area (Å²) in [4.78, 5) is 31.9. The summed E-state index contributed by atoms with van der Waals surface area (Å²) < 4.78 is 0. The molecule has 15 heavy (non-hydrogen) atoms. The number of hydrogen-bond donors (Lipinski definition) is 3. The van der Waals surface area contributed by atoms with Gasteiger partial charge in [-0.25, -0.2) is 0 Å². The molecule has 7 nitrogen and oxygen atoms in total. The maximum atomic E-state index is 10.5. The topological polar surface area (TPSA) is 115 Å². The molecule has 82 valence electrons. The smallest absolute Gasteiger partial charge is 1.00 e. The van der Waals surface area contributed by atoms with Crippen LogP contribution in [0.5, 0.6) is 0 Å². The summed E-state index contributed by atoms with van der Waals surface area (Å²) in [6, 6.07) is -1.14. The predicted molar refractivity (Wildman–Crippen MR) is 45.1 cm³/mol. The van der Waals surface area contributed by atoms with Gasteiger partial charge in [0.05, 0.1) is 13.1 Å². The van der Waals surface area contributed by atoms with E-state index in [1.807, 2.05) is 0 Å². The van der Waals surface area contributed by atoms with Crippen molar-refractivity contribution >= 4 is 17.9 Å². The molecular formula is C7H12NNaO6.